The Balaban J connectivity index is 0.943. The van der Waals surface area contributed by atoms with Crippen LogP contribution in [0.5, 0.6) is 23.0 Å². The molecule has 1 N–H and O–H groups in total. The number of nitrogens with one attached hydrogen (secondary N) is 1. The second kappa shape index (κ2) is 24.7. The van der Waals surface area contributed by atoms with E-state index in [0.717, 1.165) is 66.9 Å². The van der Waals surface area contributed by atoms with Crippen LogP contribution in [0, 0.1) is 12.3 Å². The average Bonchev–Trinajstić information content (AvgIpc) is 3.73. The summed E-state index contributed by atoms with van der Waals surface area (Å²) in [7, 11) is 5.05. The van der Waals surface area contributed by atoms with Crippen LogP contribution in [0.25, 0.3) is 10.9 Å². The molecule has 0 spiro atoms. The maximum absolute atomic E-state index is 12.9. The Bertz CT molecular complexity index is 2910. The van der Waals surface area contributed by atoms with Gasteiger partial charge in [-0.3, -0.25) is 4.79 Å². The molecule has 5 aromatic rings. The van der Waals surface area contributed by atoms with Crippen molar-refractivity contribution in [3.63, 3.8) is 0 Å². The molecule has 0 amide bonds. The number of fused-ring (bicyclic) bond motifs is 3. The number of aromatic nitrogens is 2. The first-order chi connectivity index (χ1) is 34.9. The van der Waals surface area contributed by atoms with Crippen LogP contribution in [0.2, 0.25) is 0 Å². The molecule has 12 heteroatoms. The van der Waals surface area contributed by atoms with E-state index in [4.69, 9.17) is 34.8 Å². The van der Waals surface area contributed by atoms with Crippen molar-refractivity contribution in [3.8, 4) is 35.3 Å². The van der Waals surface area contributed by atoms with Crippen molar-refractivity contribution in [2.75, 3.05) is 71.1 Å². The molecule has 0 saturated heterocycles. The summed E-state index contributed by atoms with van der Waals surface area (Å²) in [6.07, 6.45) is 27.2. The smallest absolute Gasteiger partial charge is 0.305 e. The predicted octanol–water partition coefficient (Wildman–Crippen LogP) is 12.1. The van der Waals surface area contributed by atoms with Crippen molar-refractivity contribution in [3.05, 3.63) is 144 Å². The largest absolute Gasteiger partial charge is 0.497 e. The van der Waals surface area contributed by atoms with E-state index in [1.165, 1.54) is 40.2 Å². The van der Waals surface area contributed by atoms with Gasteiger partial charge in [-0.25, -0.2) is 9.97 Å². The van der Waals surface area contributed by atoms with E-state index in [9.17, 15) is 4.79 Å². The molecule has 0 aliphatic carbocycles. The van der Waals surface area contributed by atoms with E-state index < -0.39 is 0 Å². The van der Waals surface area contributed by atoms with Crippen molar-refractivity contribution < 1.29 is 37.8 Å². The summed E-state index contributed by atoms with van der Waals surface area (Å²) >= 11 is 0. The number of unbranched alkanes of at least 4 members (excludes halogenated alkanes) is 3. The molecule has 7 rings (SSSR count). The zero-order valence-corrected chi connectivity index (χ0v) is 43.3. The van der Waals surface area contributed by atoms with Gasteiger partial charge in [-0.15, -0.1) is 6.42 Å². The summed E-state index contributed by atoms with van der Waals surface area (Å²) in [6.45, 7) is 14.1. The Hall–Kier alpha value is -7.36. The number of hydrogen-bond donors (Lipinski definition) is 1. The van der Waals surface area contributed by atoms with E-state index in [-0.39, 0.29) is 30.0 Å². The van der Waals surface area contributed by atoms with Crippen molar-refractivity contribution in [2.45, 2.75) is 84.0 Å². The lowest BCUT2D eigenvalue weighted by Gasteiger charge is -2.26. The molecule has 0 unspecified atom stereocenters. The zero-order valence-electron chi connectivity index (χ0n) is 43.3. The molecule has 0 radical (unpaired) electrons. The van der Waals surface area contributed by atoms with E-state index in [2.05, 4.69) is 138 Å². The number of methoxy groups -OCH3 is 3. The van der Waals surface area contributed by atoms with Crippen LogP contribution < -0.4 is 29.2 Å². The predicted molar refractivity (Wildman–Crippen MR) is 289 cm³/mol. The molecule has 0 bridgehead atoms. The van der Waals surface area contributed by atoms with Gasteiger partial charge in [0.25, 0.3) is 0 Å². The Labute approximate surface area is 426 Å². The highest BCUT2D eigenvalue weighted by Crippen LogP contribution is 2.49. The Morgan fingerprint density at radius 3 is 2.28 bits per heavy atom. The fourth-order valence-electron chi connectivity index (χ4n) is 9.39. The number of carbonyl (C=O) groups is 1. The third-order valence-corrected chi connectivity index (χ3v) is 13.3. The molecule has 0 atom stereocenters. The lowest BCUT2D eigenvalue weighted by molar-refractivity contribution is -0.438. The Kier molecular flexibility index (Phi) is 18.0. The molecule has 0 fully saturated rings. The summed E-state index contributed by atoms with van der Waals surface area (Å²) in [4.78, 5) is 24.4. The molecule has 72 heavy (non-hydrogen) atoms. The van der Waals surface area contributed by atoms with Gasteiger partial charge in [0.1, 0.15) is 50.0 Å². The minimum atomic E-state index is -0.263. The third kappa shape index (κ3) is 12.4. The number of rotatable bonds is 25. The molecule has 4 aromatic carbocycles. The number of anilines is 3. The van der Waals surface area contributed by atoms with Gasteiger partial charge < -0.3 is 38.6 Å². The quantitative estimate of drug-likeness (QED) is 0.0198. The number of allylic oxidation sites excluding steroid dienone is 8. The SMILES string of the molecule is C#Cc1cccc(Nc2ncnc3cc(OCCOC)c(OCCOC(=O)CCCCC[N+]4=C(/C=C/C=C/C=C/C=C5/N(CCCC)c6ccc(OC)cc6C5(C)C)C(C)(C)c5cc(OC)ccc54)cc23)c1. The van der Waals surface area contributed by atoms with Crippen molar-refractivity contribution in [1.82, 2.24) is 9.97 Å². The number of carbonyl (C=O) groups excluding carboxylic acids is 1. The van der Waals surface area contributed by atoms with Crippen LogP contribution in [0.3, 0.4) is 0 Å². The number of hydrogen-bond acceptors (Lipinski definition) is 11. The molecular weight excluding hydrogens is 903 g/mol. The molecular formula is C60H70N5O7+. The second-order valence-electron chi connectivity index (χ2n) is 18.8. The van der Waals surface area contributed by atoms with Crippen molar-refractivity contribution in [1.29, 1.82) is 0 Å². The number of nitrogens with zero attached hydrogens (tertiary/aromatic N) is 4. The maximum Gasteiger partial charge on any atom is 0.305 e. The van der Waals surface area contributed by atoms with Crippen LogP contribution in [0.1, 0.15) is 89.8 Å². The Morgan fingerprint density at radius 2 is 1.51 bits per heavy atom. The highest BCUT2D eigenvalue weighted by molar-refractivity contribution is 6.03. The second-order valence-corrected chi connectivity index (χ2v) is 18.8. The summed E-state index contributed by atoms with van der Waals surface area (Å²) in [5.74, 6) is 5.66. The van der Waals surface area contributed by atoms with Gasteiger partial charge in [0.2, 0.25) is 5.69 Å². The van der Waals surface area contributed by atoms with Crippen molar-refractivity contribution >= 4 is 45.5 Å². The highest BCUT2D eigenvalue weighted by Gasteiger charge is 2.44. The van der Waals surface area contributed by atoms with Gasteiger partial charge in [0.15, 0.2) is 17.2 Å². The number of terminal acetylenes is 1. The first-order valence-electron chi connectivity index (χ1n) is 25.0. The molecule has 3 heterocycles. The number of ether oxygens (including phenoxy) is 6. The molecule has 376 valence electrons. The summed E-state index contributed by atoms with van der Waals surface area (Å²) in [5, 5.41) is 4.06. The van der Waals surface area contributed by atoms with E-state index in [1.54, 1.807) is 27.4 Å². The number of benzene rings is 4. The third-order valence-electron chi connectivity index (χ3n) is 13.3. The maximum atomic E-state index is 12.9. The van der Waals surface area contributed by atoms with Gasteiger partial charge in [0.05, 0.1) is 31.8 Å². The average molecular weight is 973 g/mol. The standard InChI is InChI=1S/C60H70N5O7/c1-10-12-31-64-51-29-27-45(68-8)38-48(51)59(3,4)55(64)24-17-14-13-15-18-25-56-60(5,6)49-39-46(69-9)28-30-52(49)65(56)32-20-16-19-26-57(66)72-36-35-71-53-40-47-50(41-54(53)70-34-33-67-7)61-42-62-58(47)63-44-23-21-22-43(11-2)37-44/h2,13-15,17-18,21-25,27-30,37-42H,10,12,16,19-20,26,31-36H2,1,3-9H3,(H,61,62,63)/q+1. The minimum Gasteiger partial charge on any atom is -0.497 e. The topological polar surface area (TPSA) is 117 Å². The Morgan fingerprint density at radius 1 is 0.778 bits per heavy atom. The normalized spacial score (nSPS) is 15.2. The lowest BCUT2D eigenvalue weighted by Crippen LogP contribution is -2.28. The number of esters is 1. The monoisotopic (exact) mass is 973 g/mol. The van der Waals surface area contributed by atoms with Crippen molar-refractivity contribution in [2.24, 2.45) is 0 Å². The zero-order chi connectivity index (χ0) is 51.1. The highest BCUT2D eigenvalue weighted by atomic mass is 16.6. The van der Waals surface area contributed by atoms with Crippen LogP contribution in [-0.2, 0) is 25.1 Å². The van der Waals surface area contributed by atoms with Gasteiger partial charge >= 0.3 is 5.97 Å². The first-order valence-corrected chi connectivity index (χ1v) is 25.0. The van der Waals surface area contributed by atoms with Crippen LogP contribution in [0.4, 0.5) is 22.9 Å². The summed E-state index contributed by atoms with van der Waals surface area (Å²) < 4.78 is 36.7. The summed E-state index contributed by atoms with van der Waals surface area (Å²) in [6, 6.07) is 23.9. The fourth-order valence-corrected chi connectivity index (χ4v) is 9.39. The van der Waals surface area contributed by atoms with Crippen LogP contribution in [-0.4, -0.2) is 87.1 Å². The summed E-state index contributed by atoms with van der Waals surface area (Å²) in [5.41, 5.74) is 9.24. The minimum absolute atomic E-state index is 0.0834. The molecule has 0 saturated carbocycles. The van der Waals surface area contributed by atoms with E-state index in [0.29, 0.717) is 48.9 Å². The molecule has 1 aromatic heterocycles. The molecule has 12 nitrogen and oxygen atoms in total. The van der Waals surface area contributed by atoms with E-state index in [1.807, 2.05) is 36.4 Å². The molecule has 2 aliphatic rings. The lowest BCUT2D eigenvalue weighted by atomic mass is 9.81. The van der Waals surface area contributed by atoms with E-state index >= 15 is 0 Å². The van der Waals surface area contributed by atoms with Crippen LogP contribution >= 0.6 is 0 Å². The fraction of sp³-hybridized carbons (Fsp3) is 0.367. The first kappa shape index (κ1) is 52.5. The van der Waals surface area contributed by atoms with Gasteiger partial charge in [-0.05, 0) is 99.3 Å². The van der Waals surface area contributed by atoms with Gasteiger partial charge in [-0.1, -0.05) is 69.6 Å². The van der Waals surface area contributed by atoms with Gasteiger partial charge in [-0.2, -0.15) is 4.58 Å². The van der Waals surface area contributed by atoms with Gasteiger partial charge in [0, 0.05) is 83.7 Å². The van der Waals surface area contributed by atoms with Crippen LogP contribution in [0.15, 0.2) is 127 Å². The molecule has 2 aliphatic heterocycles.